The Morgan fingerprint density at radius 2 is 2.26 bits per heavy atom. The van der Waals surface area contributed by atoms with Crippen LogP contribution in [0.15, 0.2) is 35.8 Å². The van der Waals surface area contributed by atoms with Crippen LogP contribution in [0.25, 0.3) is 6.08 Å². The third kappa shape index (κ3) is 3.92. The van der Waals surface area contributed by atoms with Crippen LogP contribution < -0.4 is 9.47 Å². The van der Waals surface area contributed by atoms with Crippen molar-refractivity contribution in [3.05, 3.63) is 41.3 Å². The smallest absolute Gasteiger partial charge is 0.266 e. The molecule has 1 saturated heterocycles. The molecule has 1 aliphatic rings. The van der Waals surface area contributed by atoms with Crippen LogP contribution in [-0.2, 0) is 4.79 Å². The summed E-state index contributed by atoms with van der Waals surface area (Å²) in [6.07, 6.45) is 3.39. The zero-order chi connectivity index (χ0) is 16.8. The van der Waals surface area contributed by atoms with E-state index in [1.807, 2.05) is 6.07 Å². The van der Waals surface area contributed by atoms with Crippen molar-refractivity contribution in [2.75, 3.05) is 20.3 Å². The maximum atomic E-state index is 12.3. The van der Waals surface area contributed by atoms with Gasteiger partial charge in [0, 0.05) is 6.54 Å². The Morgan fingerprint density at radius 1 is 1.48 bits per heavy atom. The van der Waals surface area contributed by atoms with Crippen LogP contribution in [0, 0.1) is 11.3 Å². The van der Waals surface area contributed by atoms with Gasteiger partial charge in [-0.3, -0.25) is 9.69 Å². The van der Waals surface area contributed by atoms with Gasteiger partial charge in [-0.1, -0.05) is 36.1 Å². The molecule has 1 heterocycles. The highest BCUT2D eigenvalue weighted by Crippen LogP contribution is 2.34. The summed E-state index contributed by atoms with van der Waals surface area (Å²) < 4.78 is 11.0. The standard InChI is InChI=1S/C16H14N2O3S2/c1-3-7-18-15(19)14(23-16(18)22)10-11-4-5-12(21-8-6-17)13(9-11)20-2/h3-5,9-10H,1,7-8H2,2H3/b14-10+. The van der Waals surface area contributed by atoms with Crippen LogP contribution in [0.2, 0.25) is 0 Å². The number of amides is 1. The molecule has 0 atom stereocenters. The van der Waals surface area contributed by atoms with Gasteiger partial charge in [0.15, 0.2) is 18.1 Å². The Kier molecular flexibility index (Phi) is 5.79. The predicted octanol–water partition coefficient (Wildman–Crippen LogP) is 2.98. The summed E-state index contributed by atoms with van der Waals surface area (Å²) in [5.74, 6) is 0.838. The quantitative estimate of drug-likeness (QED) is 0.448. The van der Waals surface area contributed by atoms with Crippen molar-refractivity contribution in [3.8, 4) is 17.6 Å². The molecule has 7 heteroatoms. The Balaban J connectivity index is 2.26. The molecule has 0 aromatic heterocycles. The van der Waals surface area contributed by atoms with E-state index < -0.39 is 0 Å². The number of nitriles is 1. The Hall–Kier alpha value is -2.30. The maximum absolute atomic E-state index is 12.3. The van der Waals surface area contributed by atoms with Gasteiger partial charge in [-0.2, -0.15) is 5.26 Å². The van der Waals surface area contributed by atoms with Crippen LogP contribution in [-0.4, -0.2) is 35.4 Å². The number of thioether (sulfide) groups is 1. The van der Waals surface area contributed by atoms with Gasteiger partial charge in [0.2, 0.25) is 0 Å². The van der Waals surface area contributed by atoms with Crippen LogP contribution in [0.4, 0.5) is 0 Å². The molecule has 0 spiro atoms. The highest BCUT2D eigenvalue weighted by atomic mass is 32.2. The number of thiocarbonyl (C=S) groups is 1. The molecular formula is C16H14N2O3S2. The molecule has 1 aromatic rings. The van der Waals surface area contributed by atoms with Crippen LogP contribution >= 0.6 is 24.0 Å². The molecule has 5 nitrogen and oxygen atoms in total. The minimum Gasteiger partial charge on any atom is -0.493 e. The molecule has 118 valence electrons. The van der Waals surface area contributed by atoms with Crippen molar-refractivity contribution < 1.29 is 14.3 Å². The van der Waals surface area contributed by atoms with Crippen LogP contribution in [0.5, 0.6) is 11.5 Å². The molecule has 1 aliphatic heterocycles. The van der Waals surface area contributed by atoms with Crippen LogP contribution in [0.1, 0.15) is 5.56 Å². The normalized spacial score (nSPS) is 15.7. The highest BCUT2D eigenvalue weighted by molar-refractivity contribution is 8.26. The second kappa shape index (κ2) is 7.81. The lowest BCUT2D eigenvalue weighted by Gasteiger charge is -2.10. The lowest BCUT2D eigenvalue weighted by Crippen LogP contribution is -2.27. The monoisotopic (exact) mass is 346 g/mol. The molecule has 0 N–H and O–H groups in total. The second-order valence-electron chi connectivity index (χ2n) is 4.44. The average Bonchev–Trinajstić information content (AvgIpc) is 2.81. The third-order valence-corrected chi connectivity index (χ3v) is 4.34. The average molecular weight is 346 g/mol. The van der Waals surface area contributed by atoms with Gasteiger partial charge in [-0.05, 0) is 23.8 Å². The number of carbonyl (C=O) groups is 1. The minimum absolute atomic E-state index is 0.0596. The molecule has 0 aliphatic carbocycles. The highest BCUT2D eigenvalue weighted by Gasteiger charge is 2.30. The van der Waals surface area contributed by atoms with Crippen molar-refractivity contribution in [1.82, 2.24) is 4.90 Å². The number of ether oxygens (including phenoxy) is 2. The number of benzene rings is 1. The molecule has 1 fully saturated rings. The van der Waals surface area contributed by atoms with Gasteiger partial charge in [-0.15, -0.1) is 6.58 Å². The Morgan fingerprint density at radius 3 is 2.91 bits per heavy atom. The number of hydrogen-bond donors (Lipinski definition) is 0. The van der Waals surface area contributed by atoms with Gasteiger partial charge in [-0.25, -0.2) is 0 Å². The van der Waals surface area contributed by atoms with Gasteiger partial charge in [0.1, 0.15) is 10.4 Å². The summed E-state index contributed by atoms with van der Waals surface area (Å²) in [6, 6.07) is 7.13. The zero-order valence-electron chi connectivity index (χ0n) is 12.4. The minimum atomic E-state index is -0.135. The number of nitrogens with zero attached hydrogens (tertiary/aromatic N) is 2. The third-order valence-electron chi connectivity index (χ3n) is 2.96. The lowest BCUT2D eigenvalue weighted by molar-refractivity contribution is -0.121. The van der Waals surface area contributed by atoms with Crippen LogP contribution in [0.3, 0.4) is 0 Å². The fourth-order valence-electron chi connectivity index (χ4n) is 1.94. The first kappa shape index (κ1) is 17.1. The molecule has 0 saturated carbocycles. The van der Waals surface area contributed by atoms with Gasteiger partial charge in [0.05, 0.1) is 12.0 Å². The first-order chi connectivity index (χ1) is 11.1. The first-order valence-corrected chi connectivity index (χ1v) is 7.87. The van der Waals surface area contributed by atoms with E-state index in [4.69, 9.17) is 27.0 Å². The molecule has 1 amide bonds. The number of carbonyl (C=O) groups excluding carboxylic acids is 1. The molecule has 2 rings (SSSR count). The number of rotatable bonds is 6. The summed E-state index contributed by atoms with van der Waals surface area (Å²) in [4.78, 5) is 14.3. The summed E-state index contributed by atoms with van der Waals surface area (Å²) in [7, 11) is 1.52. The Labute approximate surface area is 144 Å². The summed E-state index contributed by atoms with van der Waals surface area (Å²) in [5.41, 5.74) is 0.783. The van der Waals surface area contributed by atoms with Crippen molar-refractivity contribution in [2.24, 2.45) is 0 Å². The van der Waals surface area contributed by atoms with E-state index in [-0.39, 0.29) is 12.5 Å². The van der Waals surface area contributed by atoms with Crippen molar-refractivity contribution in [3.63, 3.8) is 0 Å². The van der Waals surface area contributed by atoms with E-state index in [1.165, 1.54) is 23.8 Å². The molecule has 0 unspecified atom stereocenters. The summed E-state index contributed by atoms with van der Waals surface area (Å²) >= 11 is 6.45. The topological polar surface area (TPSA) is 62.6 Å². The van der Waals surface area contributed by atoms with Crippen molar-refractivity contribution >= 4 is 40.3 Å². The van der Waals surface area contributed by atoms with Gasteiger partial charge in [0.25, 0.3) is 5.91 Å². The summed E-state index contributed by atoms with van der Waals surface area (Å²) in [5, 5.41) is 8.57. The second-order valence-corrected chi connectivity index (χ2v) is 6.11. The summed E-state index contributed by atoms with van der Waals surface area (Å²) in [6.45, 7) is 3.96. The van der Waals surface area contributed by atoms with E-state index in [1.54, 1.807) is 30.4 Å². The number of hydrogen-bond acceptors (Lipinski definition) is 6. The molecule has 1 aromatic carbocycles. The lowest BCUT2D eigenvalue weighted by atomic mass is 10.2. The fraction of sp³-hybridized carbons (Fsp3) is 0.188. The van der Waals surface area contributed by atoms with Gasteiger partial charge < -0.3 is 9.47 Å². The van der Waals surface area contributed by atoms with E-state index in [0.29, 0.717) is 27.3 Å². The van der Waals surface area contributed by atoms with Gasteiger partial charge >= 0.3 is 0 Å². The zero-order valence-corrected chi connectivity index (χ0v) is 14.1. The molecule has 23 heavy (non-hydrogen) atoms. The number of methoxy groups -OCH3 is 1. The Bertz CT molecular complexity index is 723. The SMILES string of the molecule is C=CCN1C(=O)/C(=C\c2ccc(OCC#N)c(OC)c2)SC1=S. The van der Waals surface area contributed by atoms with Crippen molar-refractivity contribution in [2.45, 2.75) is 0 Å². The molecule has 0 radical (unpaired) electrons. The van der Waals surface area contributed by atoms with E-state index in [9.17, 15) is 4.79 Å². The van der Waals surface area contributed by atoms with E-state index >= 15 is 0 Å². The first-order valence-electron chi connectivity index (χ1n) is 6.64. The maximum Gasteiger partial charge on any atom is 0.266 e. The fourth-order valence-corrected chi connectivity index (χ4v) is 3.22. The van der Waals surface area contributed by atoms with Crippen molar-refractivity contribution in [1.29, 1.82) is 5.26 Å². The van der Waals surface area contributed by atoms with E-state index in [0.717, 1.165) is 5.56 Å². The predicted molar refractivity (Wildman–Crippen MR) is 94.2 cm³/mol. The molecule has 0 bridgehead atoms. The largest absolute Gasteiger partial charge is 0.493 e. The molecular weight excluding hydrogens is 332 g/mol. The van der Waals surface area contributed by atoms with E-state index in [2.05, 4.69) is 6.58 Å².